The van der Waals surface area contributed by atoms with Crippen LogP contribution in [0.5, 0.6) is 5.75 Å². The molecule has 2 aromatic heterocycles. The highest BCUT2D eigenvalue weighted by Gasteiger charge is 2.12. The Kier molecular flexibility index (Phi) is 4.03. The summed E-state index contributed by atoms with van der Waals surface area (Å²) in [5.74, 6) is 1.32. The molecule has 6 heteroatoms. The van der Waals surface area contributed by atoms with Crippen molar-refractivity contribution in [2.24, 2.45) is 0 Å². The number of thiazole rings is 1. The molecule has 4 rings (SSSR count). The van der Waals surface area contributed by atoms with Crippen molar-refractivity contribution in [3.05, 3.63) is 75.0 Å². The van der Waals surface area contributed by atoms with Gasteiger partial charge in [0.05, 0.1) is 11.1 Å². The van der Waals surface area contributed by atoms with E-state index in [0.717, 1.165) is 16.9 Å². The number of hydrogen-bond donors (Lipinski definition) is 0. The number of fused-ring (bicyclic) bond motifs is 1. The van der Waals surface area contributed by atoms with Crippen LogP contribution >= 0.6 is 11.3 Å². The van der Waals surface area contributed by atoms with E-state index < -0.39 is 0 Å². The molecule has 2 heterocycles. The highest BCUT2D eigenvalue weighted by atomic mass is 32.1. The van der Waals surface area contributed by atoms with Gasteiger partial charge in [0.1, 0.15) is 5.75 Å². The maximum absolute atomic E-state index is 12.6. The molecule has 4 aromatic rings. The molecule has 0 atom stereocenters. The van der Waals surface area contributed by atoms with Crippen molar-refractivity contribution in [1.29, 1.82) is 0 Å². The summed E-state index contributed by atoms with van der Waals surface area (Å²) in [6, 6.07) is 17.3. The summed E-state index contributed by atoms with van der Waals surface area (Å²) >= 11 is 1.33. The number of hydrogen-bond acceptors (Lipinski definition) is 5. The Morgan fingerprint density at radius 3 is 2.64 bits per heavy atom. The van der Waals surface area contributed by atoms with Gasteiger partial charge in [0.2, 0.25) is 4.96 Å². The fraction of sp³-hybridized carbons (Fsp3) is 0.105. The molecule has 0 aliphatic rings. The fourth-order valence-electron chi connectivity index (χ4n) is 2.57. The molecule has 0 fully saturated rings. The number of nitrogens with zero attached hydrogens (tertiary/aromatic N) is 3. The van der Waals surface area contributed by atoms with Crippen molar-refractivity contribution in [1.82, 2.24) is 14.6 Å². The molecule has 0 unspecified atom stereocenters. The number of benzene rings is 2. The number of ether oxygens (including phenoxy) is 1. The van der Waals surface area contributed by atoms with Crippen LogP contribution in [0.25, 0.3) is 22.4 Å². The molecule has 2 aromatic carbocycles. The van der Waals surface area contributed by atoms with Crippen molar-refractivity contribution in [2.45, 2.75) is 6.92 Å². The highest BCUT2D eigenvalue weighted by molar-refractivity contribution is 7.15. The van der Waals surface area contributed by atoms with Crippen LogP contribution in [-0.4, -0.2) is 21.2 Å². The molecule has 0 aliphatic carbocycles. The summed E-state index contributed by atoms with van der Waals surface area (Å²) in [6.45, 7) is 2.51. The number of para-hydroxylation sites is 1. The van der Waals surface area contributed by atoms with Crippen LogP contribution in [0, 0.1) is 0 Å². The molecule has 25 heavy (non-hydrogen) atoms. The van der Waals surface area contributed by atoms with E-state index in [1.165, 1.54) is 15.9 Å². The first kappa shape index (κ1) is 15.5. The lowest BCUT2D eigenvalue weighted by molar-refractivity contribution is 0.339. The minimum absolute atomic E-state index is 0.166. The second-order valence-corrected chi connectivity index (χ2v) is 6.39. The summed E-state index contributed by atoms with van der Waals surface area (Å²) in [7, 11) is 0. The van der Waals surface area contributed by atoms with Gasteiger partial charge in [0.25, 0.3) is 5.56 Å². The molecule has 0 N–H and O–H groups in total. The molecule has 0 saturated heterocycles. The molecular weight excluding hydrogens is 334 g/mol. The van der Waals surface area contributed by atoms with E-state index in [4.69, 9.17) is 4.74 Å². The minimum Gasteiger partial charge on any atom is -0.493 e. The molecule has 0 amide bonds. The van der Waals surface area contributed by atoms with Crippen LogP contribution in [0.3, 0.4) is 0 Å². The lowest BCUT2D eigenvalue weighted by Crippen LogP contribution is -2.23. The average molecular weight is 349 g/mol. The van der Waals surface area contributed by atoms with Gasteiger partial charge in [0.15, 0.2) is 5.82 Å². The maximum Gasteiger partial charge on any atom is 0.291 e. The van der Waals surface area contributed by atoms with Gasteiger partial charge in [-0.2, -0.15) is 9.50 Å². The van der Waals surface area contributed by atoms with Crippen LogP contribution in [0.15, 0.2) is 59.4 Å². The molecule has 0 radical (unpaired) electrons. The van der Waals surface area contributed by atoms with Crippen molar-refractivity contribution in [3.63, 3.8) is 0 Å². The van der Waals surface area contributed by atoms with Gasteiger partial charge >= 0.3 is 0 Å². The van der Waals surface area contributed by atoms with Crippen LogP contribution in [0.4, 0.5) is 0 Å². The van der Waals surface area contributed by atoms with Crippen LogP contribution in [0.1, 0.15) is 12.5 Å². The maximum atomic E-state index is 12.6. The van der Waals surface area contributed by atoms with E-state index in [1.807, 2.05) is 67.6 Å². The molecule has 124 valence electrons. The summed E-state index contributed by atoms with van der Waals surface area (Å²) in [5, 5.41) is 4.36. The monoisotopic (exact) mass is 349 g/mol. The molecular formula is C19H15N3O2S. The summed E-state index contributed by atoms with van der Waals surface area (Å²) in [6.07, 6.45) is 1.83. The Labute approximate surface area is 147 Å². The first-order valence-corrected chi connectivity index (χ1v) is 8.76. The van der Waals surface area contributed by atoms with Gasteiger partial charge in [-0.25, -0.2) is 0 Å². The van der Waals surface area contributed by atoms with Gasteiger partial charge in [0, 0.05) is 11.1 Å². The van der Waals surface area contributed by atoms with Crippen molar-refractivity contribution in [3.8, 4) is 17.1 Å². The second kappa shape index (κ2) is 6.49. The molecule has 0 spiro atoms. The second-order valence-electron chi connectivity index (χ2n) is 5.38. The highest BCUT2D eigenvalue weighted by Crippen LogP contribution is 2.19. The first-order valence-electron chi connectivity index (χ1n) is 7.95. The molecule has 5 nitrogen and oxygen atoms in total. The van der Waals surface area contributed by atoms with E-state index in [-0.39, 0.29) is 5.56 Å². The fourth-order valence-corrected chi connectivity index (χ4v) is 3.47. The minimum atomic E-state index is -0.166. The van der Waals surface area contributed by atoms with E-state index in [9.17, 15) is 4.79 Å². The summed E-state index contributed by atoms with van der Waals surface area (Å²) < 4.78 is 7.56. The quantitative estimate of drug-likeness (QED) is 0.568. The average Bonchev–Trinajstić information content (AvgIpc) is 3.18. The zero-order valence-corrected chi connectivity index (χ0v) is 14.4. The topological polar surface area (TPSA) is 56.5 Å². The Hall–Kier alpha value is -2.99. The standard InChI is InChI=1S/C19H15N3O2S/c1-2-24-15-11-7-6-10-14(15)12-16-18(23)22-19(25-16)20-17(21-22)13-8-4-3-5-9-13/h3-12H,2H2,1H3/b16-12+. The molecule has 0 aliphatic heterocycles. The van der Waals surface area contributed by atoms with Crippen LogP contribution < -0.4 is 14.8 Å². The zero-order valence-electron chi connectivity index (χ0n) is 13.5. The number of aromatic nitrogens is 3. The van der Waals surface area contributed by atoms with E-state index in [1.54, 1.807) is 0 Å². The van der Waals surface area contributed by atoms with Crippen LogP contribution in [0.2, 0.25) is 0 Å². The van der Waals surface area contributed by atoms with E-state index in [0.29, 0.717) is 21.9 Å². The lowest BCUT2D eigenvalue weighted by atomic mass is 10.2. The zero-order chi connectivity index (χ0) is 17.2. The lowest BCUT2D eigenvalue weighted by Gasteiger charge is -2.05. The Morgan fingerprint density at radius 2 is 1.88 bits per heavy atom. The Balaban J connectivity index is 1.81. The van der Waals surface area contributed by atoms with Crippen molar-refractivity contribution < 1.29 is 4.74 Å². The SMILES string of the molecule is CCOc1ccccc1/C=c1/sc2nc(-c3ccccc3)nn2c1=O. The van der Waals surface area contributed by atoms with Crippen LogP contribution in [-0.2, 0) is 0 Å². The predicted octanol–water partition coefficient (Wildman–Crippen LogP) is 2.76. The Morgan fingerprint density at radius 1 is 1.12 bits per heavy atom. The van der Waals surface area contributed by atoms with E-state index in [2.05, 4.69) is 10.1 Å². The van der Waals surface area contributed by atoms with E-state index >= 15 is 0 Å². The van der Waals surface area contributed by atoms with Crippen molar-refractivity contribution >= 4 is 22.4 Å². The van der Waals surface area contributed by atoms with Gasteiger partial charge in [-0.05, 0) is 19.1 Å². The summed E-state index contributed by atoms with van der Waals surface area (Å²) in [4.78, 5) is 17.7. The van der Waals surface area contributed by atoms with Gasteiger partial charge in [-0.15, -0.1) is 5.10 Å². The molecule has 0 saturated carbocycles. The van der Waals surface area contributed by atoms with Gasteiger partial charge in [-0.1, -0.05) is 59.9 Å². The molecule has 0 bridgehead atoms. The normalized spacial score (nSPS) is 12.0. The third-order valence-electron chi connectivity index (χ3n) is 3.72. The smallest absolute Gasteiger partial charge is 0.291 e. The third-order valence-corrected chi connectivity index (χ3v) is 4.68. The van der Waals surface area contributed by atoms with Gasteiger partial charge in [-0.3, -0.25) is 4.79 Å². The Bertz CT molecular complexity index is 1130. The van der Waals surface area contributed by atoms with Gasteiger partial charge < -0.3 is 4.74 Å². The third kappa shape index (κ3) is 2.92. The first-order chi connectivity index (χ1) is 12.3. The van der Waals surface area contributed by atoms with Crippen molar-refractivity contribution in [2.75, 3.05) is 6.61 Å². The number of rotatable bonds is 4. The largest absolute Gasteiger partial charge is 0.493 e. The predicted molar refractivity (Wildman–Crippen MR) is 99.0 cm³/mol. The summed E-state index contributed by atoms with van der Waals surface area (Å²) in [5.41, 5.74) is 1.60.